The van der Waals surface area contributed by atoms with E-state index in [0.29, 0.717) is 19.8 Å². The molecule has 15 heavy (non-hydrogen) atoms. The van der Waals surface area contributed by atoms with Crippen LogP contribution in [0.25, 0.3) is 0 Å². The molecule has 1 atom stereocenters. The molecule has 0 aromatic carbocycles. The number of nitrogens with zero attached hydrogens (tertiary/aromatic N) is 2. The summed E-state index contributed by atoms with van der Waals surface area (Å²) in [5, 5.41) is 6.26. The number of H-pyrrole nitrogens is 1. The number of ether oxygens (including phenoxy) is 1. The Morgan fingerprint density at radius 1 is 1.67 bits per heavy atom. The van der Waals surface area contributed by atoms with E-state index in [2.05, 4.69) is 10.2 Å². The van der Waals surface area contributed by atoms with Crippen LogP contribution in [0.1, 0.15) is 6.92 Å². The summed E-state index contributed by atoms with van der Waals surface area (Å²) in [7, 11) is -3.43. The fourth-order valence-corrected chi connectivity index (χ4v) is 3.09. The first-order valence-electron chi connectivity index (χ1n) is 4.71. The monoisotopic (exact) mass is 231 g/mol. The smallest absolute Gasteiger partial charge is 0.260 e. The molecule has 6 nitrogen and oxygen atoms in total. The van der Waals surface area contributed by atoms with Crippen LogP contribution in [-0.2, 0) is 14.8 Å². The van der Waals surface area contributed by atoms with Crippen LogP contribution < -0.4 is 0 Å². The van der Waals surface area contributed by atoms with Gasteiger partial charge < -0.3 is 4.74 Å². The third-order valence-corrected chi connectivity index (χ3v) is 4.31. The molecule has 2 heterocycles. The molecular weight excluding hydrogens is 218 g/mol. The summed E-state index contributed by atoms with van der Waals surface area (Å²) in [6.45, 7) is 3.10. The lowest BCUT2D eigenvalue weighted by molar-refractivity contribution is 0.0391. The number of rotatable bonds is 2. The fourth-order valence-electron chi connectivity index (χ4n) is 1.58. The highest BCUT2D eigenvalue weighted by Crippen LogP contribution is 2.17. The van der Waals surface area contributed by atoms with E-state index >= 15 is 0 Å². The fraction of sp³-hybridized carbons (Fsp3) is 0.625. The van der Waals surface area contributed by atoms with Gasteiger partial charge in [0.2, 0.25) is 0 Å². The molecule has 84 valence electrons. The molecule has 1 aromatic heterocycles. The Balaban J connectivity index is 2.29. The Morgan fingerprint density at radius 3 is 3.07 bits per heavy atom. The molecular formula is C8H13N3O3S. The second-order valence-electron chi connectivity index (χ2n) is 3.46. The van der Waals surface area contributed by atoms with E-state index in [4.69, 9.17) is 4.74 Å². The number of morpholine rings is 1. The highest BCUT2D eigenvalue weighted by Gasteiger charge is 2.32. The first-order chi connectivity index (χ1) is 7.12. The summed E-state index contributed by atoms with van der Waals surface area (Å²) < 4.78 is 30.7. The van der Waals surface area contributed by atoms with E-state index in [1.807, 2.05) is 6.92 Å². The Bertz CT molecular complexity index is 414. The third kappa shape index (κ3) is 1.90. The second kappa shape index (κ2) is 3.92. The van der Waals surface area contributed by atoms with E-state index in [0.717, 1.165) is 0 Å². The van der Waals surface area contributed by atoms with Gasteiger partial charge in [-0.3, -0.25) is 5.10 Å². The summed E-state index contributed by atoms with van der Waals surface area (Å²) in [5.41, 5.74) is 0. The van der Waals surface area contributed by atoms with Crippen LogP contribution in [0.15, 0.2) is 17.3 Å². The van der Waals surface area contributed by atoms with Gasteiger partial charge in [0.15, 0.2) is 5.03 Å². The zero-order valence-corrected chi connectivity index (χ0v) is 9.20. The lowest BCUT2D eigenvalue weighted by atomic mass is 10.3. The highest BCUT2D eigenvalue weighted by atomic mass is 32.2. The molecule has 2 rings (SSSR count). The molecule has 1 N–H and O–H groups in total. The molecule has 0 unspecified atom stereocenters. The van der Waals surface area contributed by atoms with Crippen molar-refractivity contribution in [3.8, 4) is 0 Å². The average Bonchev–Trinajstić information content (AvgIpc) is 2.71. The van der Waals surface area contributed by atoms with Crippen molar-refractivity contribution >= 4 is 10.0 Å². The van der Waals surface area contributed by atoms with E-state index in [1.54, 1.807) is 0 Å². The number of sulfonamides is 1. The summed E-state index contributed by atoms with van der Waals surface area (Å²) >= 11 is 0. The van der Waals surface area contributed by atoms with Gasteiger partial charge in [-0.2, -0.15) is 9.40 Å². The van der Waals surface area contributed by atoms with Crippen molar-refractivity contribution in [3.63, 3.8) is 0 Å². The van der Waals surface area contributed by atoms with Crippen molar-refractivity contribution < 1.29 is 13.2 Å². The molecule has 1 fully saturated rings. The molecule has 0 amide bonds. The average molecular weight is 231 g/mol. The Kier molecular flexibility index (Phi) is 2.76. The van der Waals surface area contributed by atoms with Crippen LogP contribution in [0.5, 0.6) is 0 Å². The van der Waals surface area contributed by atoms with Crippen LogP contribution in [0.4, 0.5) is 0 Å². The van der Waals surface area contributed by atoms with Gasteiger partial charge in [0, 0.05) is 12.6 Å². The number of aromatic nitrogens is 2. The molecule has 7 heteroatoms. The normalized spacial score (nSPS) is 24.2. The quantitative estimate of drug-likeness (QED) is 0.766. The molecule has 0 bridgehead atoms. The van der Waals surface area contributed by atoms with Crippen LogP contribution >= 0.6 is 0 Å². The lowest BCUT2D eigenvalue weighted by Crippen LogP contribution is -2.47. The van der Waals surface area contributed by atoms with Crippen LogP contribution in [-0.4, -0.2) is 48.7 Å². The van der Waals surface area contributed by atoms with Gasteiger partial charge in [-0.15, -0.1) is 0 Å². The zero-order chi connectivity index (χ0) is 10.9. The topological polar surface area (TPSA) is 75.3 Å². The third-order valence-electron chi connectivity index (χ3n) is 2.37. The molecule has 0 radical (unpaired) electrons. The molecule has 1 aliphatic heterocycles. The maximum absolute atomic E-state index is 12.1. The maximum atomic E-state index is 12.1. The van der Waals surface area contributed by atoms with E-state index in [1.165, 1.54) is 16.6 Å². The van der Waals surface area contributed by atoms with Crippen molar-refractivity contribution in [1.29, 1.82) is 0 Å². The van der Waals surface area contributed by atoms with Crippen molar-refractivity contribution in [3.05, 3.63) is 12.3 Å². The molecule has 1 saturated heterocycles. The van der Waals surface area contributed by atoms with Crippen LogP contribution in [0.3, 0.4) is 0 Å². The van der Waals surface area contributed by atoms with Crippen molar-refractivity contribution in [2.75, 3.05) is 19.8 Å². The van der Waals surface area contributed by atoms with E-state index in [-0.39, 0.29) is 11.1 Å². The van der Waals surface area contributed by atoms with Gasteiger partial charge in [-0.25, -0.2) is 8.42 Å². The van der Waals surface area contributed by atoms with E-state index < -0.39 is 10.0 Å². The summed E-state index contributed by atoms with van der Waals surface area (Å²) in [4.78, 5) is 0. The highest BCUT2D eigenvalue weighted by molar-refractivity contribution is 7.89. The van der Waals surface area contributed by atoms with Gasteiger partial charge in [-0.05, 0) is 13.0 Å². The molecule has 1 aliphatic rings. The van der Waals surface area contributed by atoms with Crippen LogP contribution in [0, 0.1) is 0 Å². The maximum Gasteiger partial charge on any atom is 0.260 e. The number of hydrogen-bond acceptors (Lipinski definition) is 4. The summed E-state index contributed by atoms with van der Waals surface area (Å²) in [5.74, 6) is 0. The van der Waals surface area contributed by atoms with Gasteiger partial charge in [-0.1, -0.05) is 0 Å². The van der Waals surface area contributed by atoms with Gasteiger partial charge >= 0.3 is 0 Å². The minimum Gasteiger partial charge on any atom is -0.378 e. The van der Waals surface area contributed by atoms with Crippen LogP contribution in [0.2, 0.25) is 0 Å². The summed E-state index contributed by atoms with van der Waals surface area (Å²) in [6, 6.07) is 1.32. The predicted octanol–water partition coefficient (Wildman–Crippen LogP) is -0.181. The van der Waals surface area contributed by atoms with Gasteiger partial charge in [0.25, 0.3) is 10.0 Å². The van der Waals surface area contributed by atoms with Crippen molar-refractivity contribution in [2.45, 2.75) is 18.0 Å². The summed E-state index contributed by atoms with van der Waals surface area (Å²) in [6.07, 6.45) is 1.43. The molecule has 0 saturated carbocycles. The number of aromatic amines is 1. The second-order valence-corrected chi connectivity index (χ2v) is 5.32. The van der Waals surface area contributed by atoms with Crippen molar-refractivity contribution in [1.82, 2.24) is 14.5 Å². The van der Waals surface area contributed by atoms with Gasteiger partial charge in [0.1, 0.15) is 0 Å². The minimum atomic E-state index is -3.43. The largest absolute Gasteiger partial charge is 0.378 e. The molecule has 0 spiro atoms. The Labute approximate surface area is 88.3 Å². The molecule has 1 aromatic rings. The predicted molar refractivity (Wildman–Crippen MR) is 52.8 cm³/mol. The Hall–Kier alpha value is -0.920. The zero-order valence-electron chi connectivity index (χ0n) is 8.38. The number of nitrogens with one attached hydrogen (secondary N) is 1. The SMILES string of the molecule is C[C@@H]1COCCN1S(=O)(=O)c1ccn[nH]1. The minimum absolute atomic E-state index is 0.132. The first kappa shape index (κ1) is 10.6. The van der Waals surface area contributed by atoms with Gasteiger partial charge in [0.05, 0.1) is 19.4 Å². The first-order valence-corrected chi connectivity index (χ1v) is 6.15. The number of hydrogen-bond donors (Lipinski definition) is 1. The Morgan fingerprint density at radius 2 is 2.47 bits per heavy atom. The van der Waals surface area contributed by atoms with Crippen molar-refractivity contribution in [2.24, 2.45) is 0 Å². The lowest BCUT2D eigenvalue weighted by Gasteiger charge is -2.31. The molecule has 0 aliphatic carbocycles. The van der Waals surface area contributed by atoms with E-state index in [9.17, 15) is 8.42 Å². The standard InChI is InChI=1S/C8H13N3O3S/c1-7-6-14-5-4-11(7)15(12,13)8-2-3-9-10-8/h2-3,7H,4-6H2,1H3,(H,9,10)/t7-/m1/s1.